The maximum absolute atomic E-state index is 13.1. The molecule has 3 nitrogen and oxygen atoms in total. The minimum absolute atomic E-state index is 0.120. The second kappa shape index (κ2) is 5.57. The maximum atomic E-state index is 13.1. The summed E-state index contributed by atoms with van der Waals surface area (Å²) in [5.41, 5.74) is 5.05. The van der Waals surface area contributed by atoms with Gasteiger partial charge in [0, 0.05) is 37.4 Å². The summed E-state index contributed by atoms with van der Waals surface area (Å²) in [5, 5.41) is 0. The van der Waals surface area contributed by atoms with Crippen LogP contribution in [0.1, 0.15) is 11.1 Å². The van der Waals surface area contributed by atoms with E-state index in [1.165, 1.54) is 6.07 Å². The normalized spacial score (nSPS) is 17.3. The van der Waals surface area contributed by atoms with Gasteiger partial charge in [-0.2, -0.15) is 13.2 Å². The molecule has 0 unspecified atom stereocenters. The van der Waals surface area contributed by atoms with Gasteiger partial charge in [0.1, 0.15) is 4.99 Å². The van der Waals surface area contributed by atoms with Gasteiger partial charge in [-0.05, 0) is 25.2 Å². The molecular weight excluding hydrogens is 287 g/mol. The second-order valence-electron chi connectivity index (χ2n) is 4.88. The van der Waals surface area contributed by atoms with Gasteiger partial charge in [0.15, 0.2) is 0 Å². The first kappa shape index (κ1) is 15.1. The van der Waals surface area contributed by atoms with Crippen molar-refractivity contribution in [3.63, 3.8) is 0 Å². The van der Waals surface area contributed by atoms with E-state index in [4.69, 9.17) is 18.0 Å². The van der Waals surface area contributed by atoms with E-state index in [1.807, 2.05) is 11.9 Å². The molecule has 2 N–H and O–H groups in total. The van der Waals surface area contributed by atoms with Gasteiger partial charge in [0.2, 0.25) is 0 Å². The Balaban J connectivity index is 2.35. The molecule has 1 aliphatic heterocycles. The van der Waals surface area contributed by atoms with Crippen LogP contribution >= 0.6 is 12.2 Å². The lowest BCUT2D eigenvalue weighted by Gasteiger charge is -2.34. The molecule has 0 amide bonds. The van der Waals surface area contributed by atoms with Crippen LogP contribution in [0.25, 0.3) is 0 Å². The largest absolute Gasteiger partial charge is 0.417 e. The van der Waals surface area contributed by atoms with Gasteiger partial charge in [-0.25, -0.2) is 0 Å². The molecule has 20 heavy (non-hydrogen) atoms. The first-order valence-electron chi connectivity index (χ1n) is 6.23. The fourth-order valence-corrected chi connectivity index (χ4v) is 2.42. The van der Waals surface area contributed by atoms with Gasteiger partial charge in [0.25, 0.3) is 0 Å². The van der Waals surface area contributed by atoms with Crippen LogP contribution in [0.4, 0.5) is 18.9 Å². The second-order valence-corrected chi connectivity index (χ2v) is 5.32. The highest BCUT2D eigenvalue weighted by molar-refractivity contribution is 7.80. The minimum Gasteiger partial charge on any atom is -0.389 e. The molecule has 1 fully saturated rings. The average molecular weight is 303 g/mol. The molecule has 1 saturated heterocycles. The Morgan fingerprint density at radius 3 is 2.30 bits per heavy atom. The van der Waals surface area contributed by atoms with Crippen LogP contribution in [0.3, 0.4) is 0 Å². The van der Waals surface area contributed by atoms with Gasteiger partial charge in [-0.15, -0.1) is 0 Å². The van der Waals surface area contributed by atoms with Crippen molar-refractivity contribution in [3.05, 3.63) is 29.3 Å². The molecule has 0 spiro atoms. The highest BCUT2D eigenvalue weighted by Gasteiger charge is 2.34. The lowest BCUT2D eigenvalue weighted by Crippen LogP contribution is -2.44. The van der Waals surface area contributed by atoms with E-state index in [2.05, 4.69) is 4.90 Å². The lowest BCUT2D eigenvalue weighted by molar-refractivity contribution is -0.137. The number of halogens is 3. The standard InChI is InChI=1S/C13H16F3N3S/c1-18-4-6-19(7-5-18)9-2-3-10(12(17)20)11(8-9)13(14,15)16/h2-3,8H,4-7H2,1H3,(H2,17,20). The van der Waals surface area contributed by atoms with E-state index < -0.39 is 11.7 Å². The predicted molar refractivity (Wildman–Crippen MR) is 77.0 cm³/mol. The third-order valence-corrected chi connectivity index (χ3v) is 3.66. The molecule has 2 rings (SSSR count). The van der Waals surface area contributed by atoms with Crippen LogP contribution in [0.15, 0.2) is 18.2 Å². The summed E-state index contributed by atoms with van der Waals surface area (Å²) in [6, 6.07) is 4.15. The lowest BCUT2D eigenvalue weighted by atomic mass is 10.1. The number of rotatable bonds is 2. The van der Waals surface area contributed by atoms with Gasteiger partial charge >= 0.3 is 6.18 Å². The van der Waals surface area contributed by atoms with E-state index in [0.29, 0.717) is 18.8 Å². The van der Waals surface area contributed by atoms with Gasteiger partial charge in [-0.3, -0.25) is 0 Å². The smallest absolute Gasteiger partial charge is 0.389 e. The van der Waals surface area contributed by atoms with E-state index in [1.54, 1.807) is 6.07 Å². The van der Waals surface area contributed by atoms with Crippen molar-refractivity contribution in [1.29, 1.82) is 0 Å². The average Bonchev–Trinajstić information content (AvgIpc) is 2.38. The molecule has 1 heterocycles. The summed E-state index contributed by atoms with van der Waals surface area (Å²) >= 11 is 4.69. The van der Waals surface area contributed by atoms with Crippen molar-refractivity contribution in [2.24, 2.45) is 5.73 Å². The van der Waals surface area contributed by atoms with Crippen LogP contribution in [0, 0.1) is 0 Å². The monoisotopic (exact) mass is 303 g/mol. The fourth-order valence-electron chi connectivity index (χ4n) is 2.24. The van der Waals surface area contributed by atoms with Crippen molar-refractivity contribution in [2.45, 2.75) is 6.18 Å². The molecule has 0 aromatic heterocycles. The zero-order chi connectivity index (χ0) is 14.9. The Hall–Kier alpha value is -1.34. The zero-order valence-corrected chi connectivity index (χ0v) is 11.9. The number of nitrogens with zero attached hydrogens (tertiary/aromatic N) is 2. The van der Waals surface area contributed by atoms with E-state index in [-0.39, 0.29) is 10.6 Å². The molecule has 1 aromatic carbocycles. The van der Waals surface area contributed by atoms with Crippen molar-refractivity contribution in [3.8, 4) is 0 Å². The number of nitrogens with two attached hydrogens (primary N) is 1. The summed E-state index contributed by atoms with van der Waals surface area (Å²) in [5.74, 6) is 0. The number of likely N-dealkylation sites (N-methyl/N-ethyl adjacent to an activating group) is 1. The van der Waals surface area contributed by atoms with Gasteiger partial charge < -0.3 is 15.5 Å². The number of hydrogen-bond donors (Lipinski definition) is 1. The molecule has 0 atom stereocenters. The highest BCUT2D eigenvalue weighted by atomic mass is 32.1. The highest BCUT2D eigenvalue weighted by Crippen LogP contribution is 2.34. The molecule has 110 valence electrons. The predicted octanol–water partition coefficient (Wildman–Crippen LogP) is 2.09. The summed E-state index contributed by atoms with van der Waals surface area (Å²) in [7, 11) is 1.99. The van der Waals surface area contributed by atoms with Gasteiger partial charge in [0.05, 0.1) is 5.56 Å². The van der Waals surface area contributed by atoms with Crippen molar-refractivity contribution < 1.29 is 13.2 Å². The third kappa shape index (κ3) is 3.21. The van der Waals surface area contributed by atoms with Crippen molar-refractivity contribution in [2.75, 3.05) is 38.1 Å². The van der Waals surface area contributed by atoms with Crippen LogP contribution in [-0.2, 0) is 6.18 Å². The topological polar surface area (TPSA) is 32.5 Å². The first-order valence-corrected chi connectivity index (χ1v) is 6.64. The number of piperazine rings is 1. The SMILES string of the molecule is CN1CCN(c2ccc(C(N)=S)c(C(F)(F)F)c2)CC1. The Bertz CT molecular complexity index is 508. The minimum atomic E-state index is -4.46. The molecule has 0 bridgehead atoms. The van der Waals surface area contributed by atoms with Crippen LogP contribution < -0.4 is 10.6 Å². The molecule has 1 aromatic rings. The first-order chi connectivity index (χ1) is 9.29. The number of thiocarbonyl (C=S) groups is 1. The van der Waals surface area contributed by atoms with Crippen molar-refractivity contribution >= 4 is 22.9 Å². The quantitative estimate of drug-likeness (QED) is 0.848. The van der Waals surface area contributed by atoms with Crippen LogP contribution in [-0.4, -0.2) is 43.1 Å². The number of hydrogen-bond acceptors (Lipinski definition) is 3. The summed E-state index contributed by atoms with van der Waals surface area (Å²) < 4.78 is 39.2. The fraction of sp³-hybridized carbons (Fsp3) is 0.462. The number of benzene rings is 1. The Kier molecular flexibility index (Phi) is 4.19. The van der Waals surface area contributed by atoms with Gasteiger partial charge in [-0.1, -0.05) is 12.2 Å². The molecule has 0 saturated carbocycles. The van der Waals surface area contributed by atoms with E-state index >= 15 is 0 Å². The third-order valence-electron chi connectivity index (χ3n) is 3.44. The molecule has 1 aliphatic rings. The Morgan fingerprint density at radius 2 is 1.80 bits per heavy atom. The number of anilines is 1. The zero-order valence-electron chi connectivity index (χ0n) is 11.1. The Labute approximate surface area is 121 Å². The summed E-state index contributed by atoms with van der Waals surface area (Å²) in [6.45, 7) is 3.08. The van der Waals surface area contributed by atoms with Crippen LogP contribution in [0.5, 0.6) is 0 Å². The van der Waals surface area contributed by atoms with E-state index in [9.17, 15) is 13.2 Å². The molecule has 0 radical (unpaired) electrons. The Morgan fingerprint density at radius 1 is 1.20 bits per heavy atom. The molecular formula is C13H16F3N3S. The molecule has 7 heteroatoms. The summed E-state index contributed by atoms with van der Waals surface area (Å²) in [6.07, 6.45) is -4.46. The number of alkyl halides is 3. The van der Waals surface area contributed by atoms with Crippen LogP contribution in [0.2, 0.25) is 0 Å². The molecule has 0 aliphatic carbocycles. The van der Waals surface area contributed by atoms with Crippen molar-refractivity contribution in [1.82, 2.24) is 4.90 Å². The maximum Gasteiger partial charge on any atom is 0.417 e. The van der Waals surface area contributed by atoms with E-state index in [0.717, 1.165) is 19.2 Å². The summed E-state index contributed by atoms with van der Waals surface area (Å²) in [4.78, 5) is 3.85.